The van der Waals surface area contributed by atoms with E-state index in [1.807, 2.05) is 34.7 Å². The van der Waals surface area contributed by atoms with E-state index in [1.165, 1.54) is 0 Å². The van der Waals surface area contributed by atoms with Crippen molar-refractivity contribution in [1.82, 2.24) is 14.9 Å². The molecule has 0 aliphatic carbocycles. The average Bonchev–Trinajstić information content (AvgIpc) is 3.08. The molecule has 1 atom stereocenters. The Labute approximate surface area is 128 Å². The second-order valence-corrected chi connectivity index (χ2v) is 6.30. The molecule has 0 radical (unpaired) electrons. The van der Waals surface area contributed by atoms with Crippen LogP contribution in [-0.4, -0.2) is 33.9 Å². The lowest BCUT2D eigenvalue weighted by atomic mass is 9.98. The molecule has 0 N–H and O–H groups in total. The average molecular weight is 301 g/mol. The molecule has 3 heterocycles. The van der Waals surface area contributed by atoms with Gasteiger partial charge in [0.15, 0.2) is 0 Å². The van der Waals surface area contributed by atoms with Crippen molar-refractivity contribution >= 4 is 17.2 Å². The van der Waals surface area contributed by atoms with Crippen molar-refractivity contribution < 1.29 is 4.79 Å². The number of carbonyl (C=O) groups is 1. The van der Waals surface area contributed by atoms with E-state index in [9.17, 15) is 4.79 Å². The molecule has 2 aromatic heterocycles. The SMILES string of the molecule is O=C(CCc1ccccn1)N1CCC[C@@H](c2nccs2)C1. The maximum Gasteiger partial charge on any atom is 0.222 e. The van der Waals surface area contributed by atoms with Crippen LogP contribution in [0.1, 0.15) is 35.9 Å². The number of hydrogen-bond donors (Lipinski definition) is 0. The smallest absolute Gasteiger partial charge is 0.222 e. The maximum atomic E-state index is 12.4. The number of pyridine rings is 1. The Hall–Kier alpha value is -1.75. The van der Waals surface area contributed by atoms with Crippen LogP contribution in [0.15, 0.2) is 36.0 Å². The Kier molecular flexibility index (Phi) is 4.60. The summed E-state index contributed by atoms with van der Waals surface area (Å²) in [6.45, 7) is 1.69. The summed E-state index contributed by atoms with van der Waals surface area (Å²) in [6, 6.07) is 5.84. The van der Waals surface area contributed by atoms with Crippen molar-refractivity contribution in [2.45, 2.75) is 31.6 Å². The largest absolute Gasteiger partial charge is 0.342 e. The van der Waals surface area contributed by atoms with E-state index >= 15 is 0 Å². The van der Waals surface area contributed by atoms with Gasteiger partial charge in [0.25, 0.3) is 0 Å². The molecule has 110 valence electrons. The molecule has 1 fully saturated rings. The zero-order valence-corrected chi connectivity index (χ0v) is 12.8. The van der Waals surface area contributed by atoms with Gasteiger partial charge in [-0.25, -0.2) is 4.98 Å². The van der Waals surface area contributed by atoms with Crippen LogP contribution in [0.25, 0.3) is 0 Å². The van der Waals surface area contributed by atoms with E-state index in [4.69, 9.17) is 0 Å². The second kappa shape index (κ2) is 6.80. The number of rotatable bonds is 4. The highest BCUT2D eigenvalue weighted by Crippen LogP contribution is 2.28. The Morgan fingerprint density at radius 3 is 3.05 bits per heavy atom. The molecule has 0 bridgehead atoms. The molecule has 0 spiro atoms. The number of aryl methyl sites for hydroxylation is 1. The van der Waals surface area contributed by atoms with Gasteiger partial charge in [0.1, 0.15) is 0 Å². The minimum Gasteiger partial charge on any atom is -0.342 e. The third-order valence-corrected chi connectivity index (χ3v) is 4.83. The van der Waals surface area contributed by atoms with Crippen molar-refractivity contribution in [2.75, 3.05) is 13.1 Å². The van der Waals surface area contributed by atoms with Gasteiger partial charge in [-0.3, -0.25) is 9.78 Å². The first-order chi connectivity index (χ1) is 10.3. The molecular formula is C16H19N3OS. The molecule has 4 nitrogen and oxygen atoms in total. The lowest BCUT2D eigenvalue weighted by molar-refractivity contribution is -0.132. The molecule has 1 amide bonds. The van der Waals surface area contributed by atoms with Crippen LogP contribution >= 0.6 is 11.3 Å². The first-order valence-corrected chi connectivity index (χ1v) is 8.28. The molecule has 1 saturated heterocycles. The summed E-state index contributed by atoms with van der Waals surface area (Å²) in [4.78, 5) is 23.0. The number of aromatic nitrogens is 2. The fraction of sp³-hybridized carbons (Fsp3) is 0.438. The maximum absolute atomic E-state index is 12.4. The van der Waals surface area contributed by atoms with Crippen molar-refractivity contribution in [2.24, 2.45) is 0 Å². The monoisotopic (exact) mass is 301 g/mol. The van der Waals surface area contributed by atoms with E-state index < -0.39 is 0 Å². The fourth-order valence-electron chi connectivity index (χ4n) is 2.78. The summed E-state index contributed by atoms with van der Waals surface area (Å²) >= 11 is 1.69. The highest BCUT2D eigenvalue weighted by atomic mass is 32.1. The molecule has 0 saturated carbocycles. The van der Waals surface area contributed by atoms with Gasteiger partial charge in [-0.15, -0.1) is 11.3 Å². The fourth-order valence-corrected chi connectivity index (χ4v) is 3.55. The summed E-state index contributed by atoms with van der Waals surface area (Å²) in [5, 5.41) is 3.18. The number of amides is 1. The molecule has 5 heteroatoms. The zero-order valence-electron chi connectivity index (χ0n) is 11.9. The first-order valence-electron chi connectivity index (χ1n) is 7.40. The summed E-state index contributed by atoms with van der Waals surface area (Å²) in [5.41, 5.74) is 0.985. The quantitative estimate of drug-likeness (QED) is 0.872. The normalized spacial score (nSPS) is 18.7. The standard InChI is InChI=1S/C16H19N3OS/c20-15(7-6-14-5-1-2-8-17-14)19-10-3-4-13(12-19)16-18-9-11-21-16/h1-2,5,8-9,11,13H,3-4,6-7,10,12H2/t13-/m1/s1. The molecule has 1 aliphatic rings. The van der Waals surface area contributed by atoms with Gasteiger partial charge in [-0.2, -0.15) is 0 Å². The number of piperidine rings is 1. The Morgan fingerprint density at radius 1 is 1.33 bits per heavy atom. The summed E-state index contributed by atoms with van der Waals surface area (Å²) in [6.07, 6.45) is 7.10. The first kappa shape index (κ1) is 14.2. The highest BCUT2D eigenvalue weighted by molar-refractivity contribution is 7.09. The molecule has 21 heavy (non-hydrogen) atoms. The van der Waals surface area contributed by atoms with Crippen molar-refractivity contribution in [3.05, 3.63) is 46.7 Å². The number of hydrogen-bond acceptors (Lipinski definition) is 4. The third kappa shape index (κ3) is 3.67. The van der Waals surface area contributed by atoms with Gasteiger partial charge in [-0.1, -0.05) is 6.07 Å². The second-order valence-electron chi connectivity index (χ2n) is 5.37. The van der Waals surface area contributed by atoms with Gasteiger partial charge in [0.2, 0.25) is 5.91 Å². The van der Waals surface area contributed by atoms with Gasteiger partial charge in [0.05, 0.1) is 5.01 Å². The van der Waals surface area contributed by atoms with Crippen molar-refractivity contribution in [1.29, 1.82) is 0 Å². The Morgan fingerprint density at radius 2 is 2.29 bits per heavy atom. The van der Waals surface area contributed by atoms with Crippen LogP contribution < -0.4 is 0 Å². The van der Waals surface area contributed by atoms with Gasteiger partial charge in [0, 0.05) is 48.9 Å². The molecule has 3 rings (SSSR count). The Bertz CT molecular complexity index is 570. The van der Waals surface area contributed by atoms with Crippen LogP contribution in [0.4, 0.5) is 0 Å². The van der Waals surface area contributed by atoms with Gasteiger partial charge in [-0.05, 0) is 31.4 Å². The van der Waals surface area contributed by atoms with Crippen molar-refractivity contribution in [3.8, 4) is 0 Å². The molecule has 1 aliphatic heterocycles. The van der Waals surface area contributed by atoms with E-state index in [2.05, 4.69) is 9.97 Å². The molecule has 0 unspecified atom stereocenters. The molecule has 0 aromatic carbocycles. The number of carbonyl (C=O) groups excluding carboxylic acids is 1. The van der Waals surface area contributed by atoms with E-state index in [1.54, 1.807) is 17.5 Å². The predicted octanol–water partition coefficient (Wildman–Crippen LogP) is 2.88. The number of nitrogens with zero attached hydrogens (tertiary/aromatic N) is 3. The summed E-state index contributed by atoms with van der Waals surface area (Å²) < 4.78 is 0. The van der Waals surface area contributed by atoms with Gasteiger partial charge >= 0.3 is 0 Å². The topological polar surface area (TPSA) is 46.1 Å². The third-order valence-electron chi connectivity index (χ3n) is 3.90. The van der Waals surface area contributed by atoms with E-state index in [0.717, 1.165) is 43.1 Å². The van der Waals surface area contributed by atoms with E-state index in [0.29, 0.717) is 12.3 Å². The minimum atomic E-state index is 0.238. The van der Waals surface area contributed by atoms with Crippen LogP contribution in [0.2, 0.25) is 0 Å². The zero-order chi connectivity index (χ0) is 14.5. The minimum absolute atomic E-state index is 0.238. The van der Waals surface area contributed by atoms with E-state index in [-0.39, 0.29) is 5.91 Å². The van der Waals surface area contributed by atoms with Gasteiger partial charge < -0.3 is 4.90 Å². The van der Waals surface area contributed by atoms with Crippen LogP contribution in [-0.2, 0) is 11.2 Å². The summed E-state index contributed by atoms with van der Waals surface area (Å²) in [5.74, 6) is 0.652. The predicted molar refractivity (Wildman–Crippen MR) is 83.2 cm³/mol. The number of likely N-dealkylation sites (tertiary alicyclic amines) is 1. The summed E-state index contributed by atoms with van der Waals surface area (Å²) in [7, 11) is 0. The lowest BCUT2D eigenvalue weighted by Gasteiger charge is -2.32. The molecule has 2 aromatic rings. The van der Waals surface area contributed by atoms with Crippen LogP contribution in [0.3, 0.4) is 0 Å². The lowest BCUT2D eigenvalue weighted by Crippen LogP contribution is -2.39. The van der Waals surface area contributed by atoms with Crippen molar-refractivity contribution in [3.63, 3.8) is 0 Å². The Balaban J connectivity index is 1.55. The molecular weight excluding hydrogens is 282 g/mol. The number of thiazole rings is 1. The van der Waals surface area contributed by atoms with Crippen LogP contribution in [0.5, 0.6) is 0 Å². The highest BCUT2D eigenvalue weighted by Gasteiger charge is 2.25. The van der Waals surface area contributed by atoms with Crippen LogP contribution in [0, 0.1) is 0 Å².